The molecule has 6 heteroatoms. The Labute approximate surface area is 140 Å². The number of aliphatic imine (C=N–C) groups is 1. The molecule has 2 unspecified atom stereocenters. The lowest BCUT2D eigenvalue weighted by Crippen LogP contribution is -2.46. The summed E-state index contributed by atoms with van der Waals surface area (Å²) < 4.78 is 5.58. The van der Waals surface area contributed by atoms with Gasteiger partial charge in [-0.25, -0.2) is 0 Å². The molecule has 2 fully saturated rings. The Hall–Kier alpha value is -0.0800. The first-order chi connectivity index (χ1) is 9.06. The first kappa shape index (κ1) is 18.0. The molecule has 0 bridgehead atoms. The van der Waals surface area contributed by atoms with E-state index in [2.05, 4.69) is 41.1 Å². The van der Waals surface area contributed by atoms with E-state index in [0.29, 0.717) is 11.5 Å². The Morgan fingerprint density at radius 3 is 2.75 bits per heavy atom. The number of nitrogens with one attached hydrogen (secondary N) is 1. The normalized spacial score (nSPS) is 28.1. The Balaban J connectivity index is 0.00000200. The summed E-state index contributed by atoms with van der Waals surface area (Å²) in [4.78, 5) is 9.03. The SMILES string of the molecule is CN=C(NCC(C)N(C)C)N1CCC2(CCOC2)C1.I. The molecule has 0 aromatic rings. The zero-order chi connectivity index (χ0) is 13.9. The summed E-state index contributed by atoms with van der Waals surface area (Å²) in [6.07, 6.45) is 2.44. The number of halogens is 1. The molecular formula is C14H29IN4O. The molecular weight excluding hydrogens is 367 g/mol. The third-order valence-electron chi connectivity index (χ3n) is 4.57. The van der Waals surface area contributed by atoms with Crippen molar-refractivity contribution >= 4 is 29.9 Å². The Bertz CT molecular complexity index is 329. The minimum Gasteiger partial charge on any atom is -0.381 e. The summed E-state index contributed by atoms with van der Waals surface area (Å²) in [5.41, 5.74) is 0.394. The minimum atomic E-state index is 0. The maximum atomic E-state index is 5.58. The Morgan fingerprint density at radius 2 is 2.20 bits per heavy atom. The second kappa shape index (κ2) is 7.79. The molecule has 0 amide bonds. The van der Waals surface area contributed by atoms with E-state index in [1.54, 1.807) is 0 Å². The zero-order valence-corrected chi connectivity index (χ0v) is 15.5. The molecule has 2 aliphatic heterocycles. The predicted octanol–water partition coefficient (Wildman–Crippen LogP) is 1.24. The van der Waals surface area contributed by atoms with Gasteiger partial charge in [0.25, 0.3) is 0 Å². The second-order valence-corrected chi connectivity index (χ2v) is 6.21. The van der Waals surface area contributed by atoms with Gasteiger partial charge in [0.15, 0.2) is 5.96 Å². The number of ether oxygens (including phenoxy) is 1. The molecule has 20 heavy (non-hydrogen) atoms. The summed E-state index contributed by atoms with van der Waals surface area (Å²) in [6, 6.07) is 0.503. The highest BCUT2D eigenvalue weighted by molar-refractivity contribution is 14.0. The molecule has 5 nitrogen and oxygen atoms in total. The molecule has 2 atom stereocenters. The predicted molar refractivity (Wildman–Crippen MR) is 94.0 cm³/mol. The van der Waals surface area contributed by atoms with Crippen molar-refractivity contribution in [2.24, 2.45) is 10.4 Å². The summed E-state index contributed by atoms with van der Waals surface area (Å²) >= 11 is 0. The monoisotopic (exact) mass is 396 g/mol. The van der Waals surface area contributed by atoms with E-state index in [0.717, 1.165) is 38.8 Å². The van der Waals surface area contributed by atoms with Gasteiger partial charge in [0.05, 0.1) is 6.61 Å². The van der Waals surface area contributed by atoms with Crippen LogP contribution >= 0.6 is 24.0 Å². The lowest BCUT2D eigenvalue weighted by molar-refractivity contribution is 0.156. The van der Waals surface area contributed by atoms with Gasteiger partial charge < -0.3 is 19.9 Å². The van der Waals surface area contributed by atoms with Crippen LogP contribution in [0.1, 0.15) is 19.8 Å². The van der Waals surface area contributed by atoms with Crippen LogP contribution in [0.3, 0.4) is 0 Å². The van der Waals surface area contributed by atoms with Gasteiger partial charge in [-0.2, -0.15) is 0 Å². The van der Waals surface area contributed by atoms with E-state index >= 15 is 0 Å². The second-order valence-electron chi connectivity index (χ2n) is 6.21. The number of likely N-dealkylation sites (tertiary alicyclic amines) is 1. The van der Waals surface area contributed by atoms with E-state index in [1.807, 2.05) is 7.05 Å². The highest BCUT2D eigenvalue weighted by Gasteiger charge is 2.42. The van der Waals surface area contributed by atoms with Gasteiger partial charge in [-0.3, -0.25) is 4.99 Å². The van der Waals surface area contributed by atoms with Crippen molar-refractivity contribution in [2.45, 2.75) is 25.8 Å². The first-order valence-corrected chi connectivity index (χ1v) is 7.26. The number of rotatable bonds is 3. The minimum absolute atomic E-state index is 0. The van der Waals surface area contributed by atoms with Gasteiger partial charge in [0.2, 0.25) is 0 Å². The zero-order valence-electron chi connectivity index (χ0n) is 13.2. The van der Waals surface area contributed by atoms with E-state index in [-0.39, 0.29) is 24.0 Å². The van der Waals surface area contributed by atoms with Gasteiger partial charge in [0, 0.05) is 44.7 Å². The van der Waals surface area contributed by atoms with Crippen LogP contribution in [-0.2, 0) is 4.74 Å². The molecule has 2 rings (SSSR count). The van der Waals surface area contributed by atoms with Crippen LogP contribution in [0.2, 0.25) is 0 Å². The fraction of sp³-hybridized carbons (Fsp3) is 0.929. The van der Waals surface area contributed by atoms with Crippen molar-refractivity contribution in [3.63, 3.8) is 0 Å². The van der Waals surface area contributed by atoms with Crippen molar-refractivity contribution in [1.29, 1.82) is 0 Å². The number of hydrogen-bond acceptors (Lipinski definition) is 3. The summed E-state index contributed by atoms with van der Waals surface area (Å²) in [7, 11) is 6.09. The fourth-order valence-corrected chi connectivity index (χ4v) is 2.84. The molecule has 0 saturated carbocycles. The number of nitrogens with zero attached hydrogens (tertiary/aromatic N) is 3. The number of likely N-dealkylation sites (N-methyl/N-ethyl adjacent to an activating group) is 1. The Kier molecular flexibility index (Phi) is 7.00. The molecule has 2 saturated heterocycles. The molecule has 0 aromatic heterocycles. The van der Waals surface area contributed by atoms with Crippen LogP contribution in [0.15, 0.2) is 4.99 Å². The molecule has 0 radical (unpaired) electrons. The van der Waals surface area contributed by atoms with Gasteiger partial charge in [-0.15, -0.1) is 24.0 Å². The smallest absolute Gasteiger partial charge is 0.193 e. The first-order valence-electron chi connectivity index (χ1n) is 7.26. The lowest BCUT2D eigenvalue weighted by Gasteiger charge is -2.27. The maximum absolute atomic E-state index is 5.58. The van der Waals surface area contributed by atoms with E-state index in [9.17, 15) is 0 Å². The van der Waals surface area contributed by atoms with Gasteiger partial charge in [0.1, 0.15) is 0 Å². The molecule has 1 N–H and O–H groups in total. The van der Waals surface area contributed by atoms with Crippen molar-refractivity contribution in [3.05, 3.63) is 0 Å². The van der Waals surface area contributed by atoms with Crippen LogP contribution in [0.5, 0.6) is 0 Å². The van der Waals surface area contributed by atoms with Crippen LogP contribution in [0, 0.1) is 5.41 Å². The lowest BCUT2D eigenvalue weighted by atomic mass is 9.87. The quantitative estimate of drug-likeness (QED) is 0.443. The highest BCUT2D eigenvalue weighted by Crippen LogP contribution is 2.38. The van der Waals surface area contributed by atoms with Crippen LogP contribution in [0.25, 0.3) is 0 Å². The average molecular weight is 396 g/mol. The van der Waals surface area contributed by atoms with Crippen molar-refractivity contribution in [2.75, 3.05) is 54.0 Å². The van der Waals surface area contributed by atoms with E-state index < -0.39 is 0 Å². The van der Waals surface area contributed by atoms with Crippen LogP contribution in [0.4, 0.5) is 0 Å². The summed E-state index contributed by atoms with van der Waals surface area (Å²) in [5, 5.41) is 3.49. The number of guanidine groups is 1. The average Bonchev–Trinajstić information content (AvgIpc) is 3.01. The van der Waals surface area contributed by atoms with Crippen LogP contribution < -0.4 is 5.32 Å². The third kappa shape index (κ3) is 4.21. The summed E-state index contributed by atoms with van der Waals surface area (Å²) in [5.74, 6) is 1.04. The van der Waals surface area contributed by atoms with Crippen molar-refractivity contribution in [3.8, 4) is 0 Å². The topological polar surface area (TPSA) is 40.1 Å². The molecule has 0 aromatic carbocycles. The van der Waals surface area contributed by atoms with E-state index in [1.165, 1.54) is 12.8 Å². The fourth-order valence-electron chi connectivity index (χ4n) is 2.84. The molecule has 2 aliphatic rings. The largest absolute Gasteiger partial charge is 0.381 e. The Morgan fingerprint density at radius 1 is 1.45 bits per heavy atom. The van der Waals surface area contributed by atoms with Crippen LogP contribution in [-0.4, -0.2) is 75.8 Å². The molecule has 118 valence electrons. The van der Waals surface area contributed by atoms with Crippen molar-refractivity contribution < 1.29 is 4.74 Å². The third-order valence-corrected chi connectivity index (χ3v) is 4.57. The molecule has 0 aliphatic carbocycles. The van der Waals surface area contributed by atoms with E-state index in [4.69, 9.17) is 4.74 Å². The van der Waals surface area contributed by atoms with Gasteiger partial charge >= 0.3 is 0 Å². The van der Waals surface area contributed by atoms with Crippen molar-refractivity contribution in [1.82, 2.24) is 15.1 Å². The van der Waals surface area contributed by atoms with Gasteiger partial charge in [-0.05, 0) is 33.9 Å². The highest BCUT2D eigenvalue weighted by atomic mass is 127. The summed E-state index contributed by atoms with van der Waals surface area (Å²) in [6.45, 7) is 7.19. The standard InChI is InChI=1S/C14H28N4O.HI/c1-12(17(3)4)9-16-13(15-2)18-7-5-14(10-18)6-8-19-11-14;/h12H,5-11H2,1-4H3,(H,15,16);1H. The molecule has 1 spiro atoms. The number of hydrogen-bond donors (Lipinski definition) is 1. The molecule has 2 heterocycles. The van der Waals surface area contributed by atoms with Gasteiger partial charge in [-0.1, -0.05) is 0 Å². The maximum Gasteiger partial charge on any atom is 0.193 e.